The van der Waals surface area contributed by atoms with Crippen LogP contribution in [0.3, 0.4) is 0 Å². The topological polar surface area (TPSA) is 199 Å². The van der Waals surface area contributed by atoms with Gasteiger partial charge in [0.25, 0.3) is 0 Å². The first kappa shape index (κ1) is 94.8. The number of esters is 1. The molecule has 0 spiro atoms. The highest BCUT2D eigenvalue weighted by molar-refractivity contribution is 7.97. The van der Waals surface area contributed by atoms with Crippen LogP contribution < -0.4 is 15.4 Å². The van der Waals surface area contributed by atoms with Crippen LogP contribution in [0.25, 0.3) is 0 Å². The van der Waals surface area contributed by atoms with Crippen molar-refractivity contribution in [2.24, 2.45) is 16.7 Å². The van der Waals surface area contributed by atoms with Crippen LogP contribution in [-0.2, 0) is 47.9 Å². The van der Waals surface area contributed by atoms with Crippen LogP contribution in [0.5, 0.6) is 5.75 Å². The summed E-state index contributed by atoms with van der Waals surface area (Å²) in [6.07, 6.45) is -3.90. The van der Waals surface area contributed by atoms with Crippen LogP contribution in [0.1, 0.15) is 116 Å². The fraction of sp³-hybridized carbons (Fsp3) is 0.761. The number of alkyl halides is 6. The minimum Gasteiger partial charge on any atom is -0.497 e. The summed E-state index contributed by atoms with van der Waals surface area (Å²) < 4.78 is 114. The Morgan fingerprint density at radius 2 is 0.841 bits per heavy atom. The predicted molar refractivity (Wildman–Crippen MR) is 273 cm³/mol. The lowest BCUT2D eigenvalue weighted by molar-refractivity contribution is -0.327. The normalized spacial score (nSPS) is 9.22. The summed E-state index contributed by atoms with van der Waals surface area (Å²) in [5.41, 5.74) is -1.86. The number of rotatable bonds is 1. The van der Waals surface area contributed by atoms with Gasteiger partial charge in [-0.2, -0.15) is 38.1 Å². The van der Waals surface area contributed by atoms with E-state index in [1.807, 2.05) is 36.8 Å². The summed E-state index contributed by atoms with van der Waals surface area (Å²) in [7, 11) is 10.5. The lowest BCUT2D eigenvalue weighted by atomic mass is 9.92. The van der Waals surface area contributed by atoms with Crippen molar-refractivity contribution in [3.63, 3.8) is 0 Å². The number of hydrogen-bond acceptors (Lipinski definition) is 14. The quantitative estimate of drug-likeness (QED) is 0.153. The molecule has 0 unspecified atom stereocenters. The number of alkyl carbamates (subject to hydrolysis) is 1. The van der Waals surface area contributed by atoms with Crippen molar-refractivity contribution >= 4 is 51.5 Å². The van der Waals surface area contributed by atoms with Crippen molar-refractivity contribution in [3.05, 3.63) is 29.8 Å². The van der Waals surface area contributed by atoms with E-state index in [2.05, 4.69) is 104 Å². The number of methoxy groups -OCH3 is 6. The Labute approximate surface area is 418 Å². The van der Waals surface area contributed by atoms with Gasteiger partial charge < -0.3 is 43.8 Å². The van der Waals surface area contributed by atoms with Gasteiger partial charge in [0.05, 0.1) is 35.5 Å². The number of amides is 2. The van der Waals surface area contributed by atoms with Gasteiger partial charge in [-0.25, -0.2) is 18.0 Å². The molecule has 0 aromatic heterocycles. The second-order valence-electron chi connectivity index (χ2n) is 15.8. The third kappa shape index (κ3) is 170. The Hall–Kier alpha value is -3.99. The maximum absolute atomic E-state index is 11.6. The number of nitrogens with one attached hydrogen (secondary N) is 2. The van der Waals surface area contributed by atoms with Crippen molar-refractivity contribution in [2.45, 2.75) is 130 Å². The monoisotopic (exact) mass is 1060 g/mol. The smallest absolute Gasteiger partial charge is 0.497 e. The van der Waals surface area contributed by atoms with E-state index in [-0.39, 0.29) is 31.5 Å². The molecule has 422 valence electrons. The molecule has 15 nitrogen and oxygen atoms in total. The molecule has 1 aromatic carbocycles. The van der Waals surface area contributed by atoms with E-state index in [0.29, 0.717) is 5.41 Å². The molecular formula is C46H96F6N2O13S2. The zero-order valence-corrected chi connectivity index (χ0v) is 49.1. The molecule has 0 aliphatic carbocycles. The zero-order chi connectivity index (χ0) is 59.0. The van der Waals surface area contributed by atoms with E-state index in [1.54, 1.807) is 40.1 Å². The number of benzene rings is 1. The average Bonchev–Trinajstić information content (AvgIpc) is 3.17. The molecule has 0 saturated heterocycles. The maximum atomic E-state index is 11.6. The van der Waals surface area contributed by atoms with Gasteiger partial charge in [-0.05, 0) is 70.6 Å². The lowest BCUT2D eigenvalue weighted by Gasteiger charge is -2.29. The van der Waals surface area contributed by atoms with Crippen LogP contribution in [0.4, 0.5) is 35.9 Å². The molecule has 0 saturated carbocycles. The van der Waals surface area contributed by atoms with Crippen LogP contribution in [0, 0.1) is 23.7 Å². The van der Waals surface area contributed by atoms with Gasteiger partial charge >= 0.3 is 30.6 Å². The van der Waals surface area contributed by atoms with Crippen molar-refractivity contribution in [1.29, 1.82) is 0 Å². The molecule has 0 aliphatic rings. The highest BCUT2D eigenvalue weighted by Crippen LogP contribution is 2.49. The first-order valence-corrected chi connectivity index (χ1v) is 24.4. The molecule has 69 heavy (non-hydrogen) atoms. The fourth-order valence-electron chi connectivity index (χ4n) is 1.02. The first-order chi connectivity index (χ1) is 30.7. The Kier molecular flexibility index (Phi) is 85.2. The largest absolute Gasteiger partial charge is 0.507 e. The minimum atomic E-state index is -5.24. The second-order valence-corrected chi connectivity index (χ2v) is 18.9. The van der Waals surface area contributed by atoms with E-state index < -0.39 is 39.9 Å². The van der Waals surface area contributed by atoms with Crippen molar-refractivity contribution < 1.29 is 87.2 Å². The summed E-state index contributed by atoms with van der Waals surface area (Å²) in [6, 6.07) is 7.96. The second kappa shape index (κ2) is 62.0. The van der Waals surface area contributed by atoms with Crippen LogP contribution in [0.2, 0.25) is 0 Å². The van der Waals surface area contributed by atoms with E-state index in [0.717, 1.165) is 24.2 Å². The molecule has 1 rings (SSSR count). The maximum Gasteiger partial charge on any atom is 0.507 e. The Bertz CT molecular complexity index is 1290. The standard InChI is InChI=1S/C8H10O.C5H6F6.C5H12.C4H10.C3H7NO2.C3H7NO.C3H6O3.C3H6O2.C3H6O.C3H8.C2H6O2S.C2H6O.C2H6S/c1-7-3-5-8(9-2)6-4-7;1-3(2,4(6,7)8)5(9,10)11;1-5(2,3)4;1-4(2)3;1-4-3(5)6-2;1-3(5)4-2;1-5-3(4)6-2;1-3(4)5-2;1-3(2)4;1-3-2;1-5(2,3)4;2*1-3-2/h3-6H,1-2H3;1-2H3;1-4H3;4H,1-3H3;1-2H3,(H,4,5);1-2H3,(H,4,5);1-2H3;1-2H3;1-2H3;3H2,1-2H3;1-2H3;2*1-2H3. The molecule has 2 amide bonds. The van der Waals surface area contributed by atoms with Gasteiger partial charge in [0.2, 0.25) is 5.91 Å². The predicted octanol–water partition coefficient (Wildman–Crippen LogP) is 12.1. The summed E-state index contributed by atoms with van der Waals surface area (Å²) in [4.78, 5) is 48.3. The molecule has 0 fully saturated rings. The minimum absolute atomic E-state index is 0.00463. The van der Waals surface area contributed by atoms with Crippen LogP contribution >= 0.6 is 11.8 Å². The van der Waals surface area contributed by atoms with Crippen LogP contribution in [0.15, 0.2) is 24.3 Å². The van der Waals surface area contributed by atoms with Crippen LogP contribution in [-0.4, -0.2) is 140 Å². The Balaban J connectivity index is -0.0000000521. The lowest BCUT2D eigenvalue weighted by Crippen LogP contribution is -2.44. The molecule has 23 heteroatoms. The SMILES string of the molecule is CC(C)(C(F)(F)F)C(F)(F)F.CC(C)(C)C.CC(C)=O.CC(C)C.CCC.CNC(=O)OC.CNC(C)=O.COC.COC(=O)OC.COC(C)=O.COc1ccc(C)cc1.CS(C)(=O)=O.CSC. The van der Waals surface area contributed by atoms with Gasteiger partial charge in [-0.3, -0.25) is 9.59 Å². The number of aryl methyl sites for hydroxylation is 1. The Morgan fingerprint density at radius 1 is 0.638 bits per heavy atom. The van der Waals surface area contributed by atoms with E-state index in [4.69, 9.17) is 4.74 Å². The number of ketones is 1. The number of ether oxygens (including phenoxy) is 6. The third-order valence-electron chi connectivity index (χ3n) is 4.04. The van der Waals surface area contributed by atoms with E-state index in [9.17, 15) is 58.7 Å². The Morgan fingerprint density at radius 3 is 0.899 bits per heavy atom. The number of sulfone groups is 1. The molecule has 0 bridgehead atoms. The highest BCUT2D eigenvalue weighted by atomic mass is 32.2. The highest BCUT2D eigenvalue weighted by Gasteiger charge is 2.64. The zero-order valence-electron chi connectivity index (χ0n) is 47.5. The first-order valence-electron chi connectivity index (χ1n) is 20.5. The fourth-order valence-corrected chi connectivity index (χ4v) is 1.02. The molecular weight excluding hydrogens is 967 g/mol. The average molecular weight is 1060 g/mol. The summed E-state index contributed by atoms with van der Waals surface area (Å²) >= 11 is 1.75. The number of Topliss-reactive ketones (excluding diaryl/α,β-unsaturated/α-hetero) is 1. The summed E-state index contributed by atoms with van der Waals surface area (Å²) in [5, 5.41) is 4.64. The summed E-state index contributed by atoms with van der Waals surface area (Å²) in [5.74, 6) is 1.68. The number of hydrogen-bond donors (Lipinski definition) is 2. The number of halogens is 6. The van der Waals surface area contributed by atoms with Gasteiger partial charge in [0.15, 0.2) is 5.41 Å². The van der Waals surface area contributed by atoms with E-state index in [1.165, 1.54) is 75.2 Å². The van der Waals surface area contributed by atoms with Crippen molar-refractivity contribution in [1.82, 2.24) is 10.6 Å². The van der Waals surface area contributed by atoms with Crippen molar-refractivity contribution in [3.8, 4) is 5.75 Å². The molecule has 0 radical (unpaired) electrons. The third-order valence-corrected chi connectivity index (χ3v) is 4.04. The molecule has 0 aliphatic heterocycles. The molecule has 2 N–H and O–H groups in total. The van der Waals surface area contributed by atoms with Gasteiger partial charge in [-0.1, -0.05) is 86.4 Å². The molecule has 0 heterocycles. The number of carbonyl (C=O) groups is 5. The number of thioether (sulfide) groups is 1. The van der Waals surface area contributed by atoms with E-state index >= 15 is 0 Å². The number of carbonyl (C=O) groups excluding carboxylic acids is 5. The molecule has 1 aromatic rings. The van der Waals surface area contributed by atoms with Gasteiger partial charge in [0, 0.05) is 54.7 Å². The molecule has 0 atom stereocenters. The van der Waals surface area contributed by atoms with Gasteiger partial charge in [-0.15, -0.1) is 0 Å². The summed E-state index contributed by atoms with van der Waals surface area (Å²) in [6.45, 7) is 27.7. The van der Waals surface area contributed by atoms with Crippen molar-refractivity contribution in [2.75, 3.05) is 88.9 Å². The van der Waals surface area contributed by atoms with Gasteiger partial charge in [0.1, 0.15) is 21.4 Å².